The number of carbonyl (C=O) groups is 1. The standard InChI is InChI=1S/C21H18N4O2/c1-14-11-19(26)25-20(24-14)18(13-23-25)21(27)22-12-15-7-9-17(10-8-15)16-5-3-2-4-6-16/h2-11,13,26H,12H2,1H3,(H,22,27). The van der Waals surface area contributed by atoms with E-state index < -0.39 is 0 Å². The fraction of sp³-hybridized carbons (Fsp3) is 0.0952. The number of hydrogen-bond donors (Lipinski definition) is 2. The van der Waals surface area contributed by atoms with E-state index in [0.717, 1.165) is 16.7 Å². The van der Waals surface area contributed by atoms with E-state index in [2.05, 4.69) is 27.5 Å². The normalized spacial score (nSPS) is 10.9. The van der Waals surface area contributed by atoms with E-state index in [-0.39, 0.29) is 11.8 Å². The van der Waals surface area contributed by atoms with Crippen LogP contribution in [0.5, 0.6) is 5.88 Å². The summed E-state index contributed by atoms with van der Waals surface area (Å²) < 4.78 is 1.25. The third-order valence-corrected chi connectivity index (χ3v) is 4.34. The van der Waals surface area contributed by atoms with E-state index in [1.165, 1.54) is 16.8 Å². The summed E-state index contributed by atoms with van der Waals surface area (Å²) in [6.45, 7) is 2.14. The smallest absolute Gasteiger partial charge is 0.257 e. The topological polar surface area (TPSA) is 79.5 Å². The van der Waals surface area contributed by atoms with Gasteiger partial charge in [0.2, 0.25) is 5.88 Å². The van der Waals surface area contributed by atoms with Crippen LogP contribution >= 0.6 is 0 Å². The molecule has 0 fully saturated rings. The Morgan fingerprint density at radius 1 is 1.07 bits per heavy atom. The molecule has 0 aliphatic carbocycles. The number of aryl methyl sites for hydroxylation is 1. The molecule has 2 heterocycles. The lowest BCUT2D eigenvalue weighted by atomic mass is 10.0. The van der Waals surface area contributed by atoms with E-state index in [9.17, 15) is 9.90 Å². The van der Waals surface area contributed by atoms with Gasteiger partial charge in [-0.2, -0.15) is 9.61 Å². The molecule has 0 saturated carbocycles. The van der Waals surface area contributed by atoms with E-state index in [4.69, 9.17) is 0 Å². The predicted molar refractivity (Wildman–Crippen MR) is 102 cm³/mol. The van der Waals surface area contributed by atoms with Gasteiger partial charge in [0.15, 0.2) is 5.65 Å². The zero-order valence-corrected chi connectivity index (χ0v) is 14.8. The highest BCUT2D eigenvalue weighted by molar-refractivity contribution is 5.99. The van der Waals surface area contributed by atoms with Gasteiger partial charge in [-0.05, 0) is 23.6 Å². The SMILES string of the molecule is Cc1cc(O)n2ncc(C(=O)NCc3ccc(-c4ccccc4)cc3)c2n1. The van der Waals surface area contributed by atoms with Crippen LogP contribution in [0, 0.1) is 6.92 Å². The summed E-state index contributed by atoms with van der Waals surface area (Å²) in [6, 6.07) is 19.7. The first kappa shape index (κ1) is 16.8. The van der Waals surface area contributed by atoms with E-state index in [1.807, 2.05) is 42.5 Å². The third-order valence-electron chi connectivity index (χ3n) is 4.34. The summed E-state index contributed by atoms with van der Waals surface area (Å²) in [7, 11) is 0. The molecule has 6 nitrogen and oxygen atoms in total. The number of fused-ring (bicyclic) bond motifs is 1. The van der Waals surface area contributed by atoms with Crippen LogP contribution in [-0.2, 0) is 6.54 Å². The Kier molecular flexibility index (Phi) is 4.30. The van der Waals surface area contributed by atoms with Crippen LogP contribution in [0.3, 0.4) is 0 Å². The van der Waals surface area contributed by atoms with Crippen molar-refractivity contribution in [3.8, 4) is 17.0 Å². The number of benzene rings is 2. The Bertz CT molecular complexity index is 1100. The van der Waals surface area contributed by atoms with Crippen molar-refractivity contribution in [3.63, 3.8) is 0 Å². The van der Waals surface area contributed by atoms with Gasteiger partial charge in [-0.25, -0.2) is 4.98 Å². The van der Waals surface area contributed by atoms with Gasteiger partial charge in [-0.15, -0.1) is 0 Å². The molecule has 0 atom stereocenters. The largest absolute Gasteiger partial charge is 0.493 e. The Labute approximate surface area is 156 Å². The lowest BCUT2D eigenvalue weighted by Crippen LogP contribution is -2.22. The van der Waals surface area contributed by atoms with Crippen LogP contribution in [0.25, 0.3) is 16.8 Å². The number of rotatable bonds is 4. The van der Waals surface area contributed by atoms with Gasteiger partial charge in [0.1, 0.15) is 5.56 Å². The highest BCUT2D eigenvalue weighted by Crippen LogP contribution is 2.19. The number of aromatic hydroxyl groups is 1. The van der Waals surface area contributed by atoms with Crippen LogP contribution < -0.4 is 5.32 Å². The number of aromatic nitrogens is 3. The fourth-order valence-electron chi connectivity index (χ4n) is 2.95. The quantitative estimate of drug-likeness (QED) is 0.586. The molecule has 134 valence electrons. The van der Waals surface area contributed by atoms with E-state index >= 15 is 0 Å². The Balaban J connectivity index is 1.48. The van der Waals surface area contributed by atoms with Crippen LogP contribution in [0.4, 0.5) is 0 Å². The average molecular weight is 358 g/mol. The minimum Gasteiger partial charge on any atom is -0.493 e. The van der Waals surface area contributed by atoms with Crippen molar-refractivity contribution in [3.05, 3.63) is 83.7 Å². The van der Waals surface area contributed by atoms with Gasteiger partial charge in [0, 0.05) is 18.3 Å². The zero-order chi connectivity index (χ0) is 18.8. The van der Waals surface area contributed by atoms with E-state index in [1.54, 1.807) is 6.92 Å². The molecule has 1 amide bonds. The maximum absolute atomic E-state index is 12.5. The predicted octanol–water partition coefficient (Wildman–Crippen LogP) is 3.34. The number of nitrogens with one attached hydrogen (secondary N) is 1. The molecule has 2 N–H and O–H groups in total. The molecule has 0 spiro atoms. The first-order valence-corrected chi connectivity index (χ1v) is 8.59. The highest BCUT2D eigenvalue weighted by Gasteiger charge is 2.16. The van der Waals surface area contributed by atoms with Crippen molar-refractivity contribution >= 4 is 11.6 Å². The minimum atomic E-state index is -0.283. The molecule has 27 heavy (non-hydrogen) atoms. The second-order valence-corrected chi connectivity index (χ2v) is 6.30. The minimum absolute atomic E-state index is 0.0481. The molecule has 2 aromatic carbocycles. The van der Waals surface area contributed by atoms with Gasteiger partial charge >= 0.3 is 0 Å². The van der Waals surface area contributed by atoms with Gasteiger partial charge < -0.3 is 10.4 Å². The highest BCUT2D eigenvalue weighted by atomic mass is 16.3. The van der Waals surface area contributed by atoms with E-state index in [0.29, 0.717) is 23.4 Å². The number of amides is 1. The number of carbonyl (C=O) groups excluding carboxylic acids is 1. The van der Waals surface area contributed by atoms with Crippen LogP contribution in [-0.4, -0.2) is 25.6 Å². The molecule has 4 aromatic rings. The van der Waals surface area contributed by atoms with Gasteiger partial charge in [-0.3, -0.25) is 4.79 Å². The lowest BCUT2D eigenvalue weighted by molar-refractivity contribution is 0.0952. The van der Waals surface area contributed by atoms with Crippen molar-refractivity contribution in [1.29, 1.82) is 0 Å². The Morgan fingerprint density at radius 2 is 1.78 bits per heavy atom. The molecule has 2 aromatic heterocycles. The van der Waals surface area contributed by atoms with Crippen molar-refractivity contribution in [1.82, 2.24) is 19.9 Å². The van der Waals surface area contributed by atoms with Gasteiger partial charge in [-0.1, -0.05) is 54.6 Å². The van der Waals surface area contributed by atoms with Gasteiger partial charge in [0.05, 0.1) is 6.20 Å². The molecule has 0 saturated heterocycles. The van der Waals surface area contributed by atoms with Crippen molar-refractivity contribution in [2.24, 2.45) is 0 Å². The molecular weight excluding hydrogens is 340 g/mol. The molecule has 0 bridgehead atoms. The number of nitrogens with zero attached hydrogens (tertiary/aromatic N) is 3. The molecule has 0 aliphatic rings. The van der Waals surface area contributed by atoms with Crippen molar-refractivity contribution < 1.29 is 9.90 Å². The second-order valence-electron chi connectivity index (χ2n) is 6.30. The summed E-state index contributed by atoms with van der Waals surface area (Å²) >= 11 is 0. The maximum Gasteiger partial charge on any atom is 0.257 e. The third kappa shape index (κ3) is 3.37. The fourth-order valence-corrected chi connectivity index (χ4v) is 2.95. The molecule has 0 aliphatic heterocycles. The van der Waals surface area contributed by atoms with Gasteiger partial charge in [0.25, 0.3) is 5.91 Å². The van der Waals surface area contributed by atoms with Crippen LogP contribution in [0.15, 0.2) is 66.9 Å². The van der Waals surface area contributed by atoms with Crippen molar-refractivity contribution in [2.75, 3.05) is 0 Å². The van der Waals surface area contributed by atoms with Crippen molar-refractivity contribution in [2.45, 2.75) is 13.5 Å². The first-order valence-electron chi connectivity index (χ1n) is 8.59. The molecule has 0 radical (unpaired) electrons. The van der Waals surface area contributed by atoms with Crippen LogP contribution in [0.2, 0.25) is 0 Å². The number of hydrogen-bond acceptors (Lipinski definition) is 4. The summed E-state index contributed by atoms with van der Waals surface area (Å²) in [5.74, 6) is -0.331. The monoisotopic (exact) mass is 358 g/mol. The summed E-state index contributed by atoms with van der Waals surface area (Å²) in [5.41, 5.74) is 4.56. The summed E-state index contributed by atoms with van der Waals surface area (Å²) in [5, 5.41) is 16.8. The second kappa shape index (κ2) is 6.92. The first-order chi connectivity index (χ1) is 13.1. The summed E-state index contributed by atoms with van der Waals surface area (Å²) in [6.07, 6.45) is 1.41. The maximum atomic E-state index is 12.5. The molecule has 6 heteroatoms. The van der Waals surface area contributed by atoms with Crippen LogP contribution in [0.1, 0.15) is 21.6 Å². The summed E-state index contributed by atoms with van der Waals surface area (Å²) in [4.78, 5) is 16.8. The lowest BCUT2D eigenvalue weighted by Gasteiger charge is -2.07. The molecule has 4 rings (SSSR count). The average Bonchev–Trinajstić information content (AvgIpc) is 3.11. The Morgan fingerprint density at radius 3 is 2.52 bits per heavy atom. The molecule has 0 unspecified atom stereocenters. The zero-order valence-electron chi connectivity index (χ0n) is 14.8. The molecular formula is C21H18N4O2. The Hall–Kier alpha value is -3.67.